The van der Waals surface area contributed by atoms with Crippen LogP contribution < -0.4 is 5.63 Å². The maximum atomic E-state index is 13.3. The molecular formula is C21H20N2O3. The van der Waals surface area contributed by atoms with Crippen molar-refractivity contribution in [1.82, 2.24) is 4.90 Å². The molecule has 0 unspecified atom stereocenters. The molecule has 5 heteroatoms. The van der Waals surface area contributed by atoms with Crippen LogP contribution in [0.1, 0.15) is 43.5 Å². The molecule has 2 heterocycles. The first kappa shape index (κ1) is 15.6. The molecule has 2 saturated carbocycles. The number of nitriles is 1. The number of benzene rings is 1. The molecule has 2 aliphatic carbocycles. The Morgan fingerprint density at radius 3 is 2.85 bits per heavy atom. The molecule has 1 saturated heterocycles. The largest absolute Gasteiger partial charge is 0.422 e. The van der Waals surface area contributed by atoms with E-state index in [0.29, 0.717) is 29.9 Å². The van der Waals surface area contributed by atoms with Gasteiger partial charge < -0.3 is 9.32 Å². The van der Waals surface area contributed by atoms with Gasteiger partial charge in [-0.15, -0.1) is 0 Å². The van der Waals surface area contributed by atoms with Crippen molar-refractivity contribution >= 4 is 16.9 Å². The van der Waals surface area contributed by atoms with E-state index in [-0.39, 0.29) is 22.3 Å². The van der Waals surface area contributed by atoms with Crippen LogP contribution in [0.15, 0.2) is 39.5 Å². The third kappa shape index (κ3) is 1.48. The summed E-state index contributed by atoms with van der Waals surface area (Å²) in [4.78, 5) is 27.5. The summed E-state index contributed by atoms with van der Waals surface area (Å²) in [5.74, 6) is 0.102. The highest BCUT2D eigenvalue weighted by Crippen LogP contribution is 2.75. The molecule has 1 aliphatic heterocycles. The fourth-order valence-corrected chi connectivity index (χ4v) is 6.11. The van der Waals surface area contributed by atoms with Gasteiger partial charge in [0.15, 0.2) is 0 Å². The summed E-state index contributed by atoms with van der Waals surface area (Å²) in [6, 6.07) is 11.2. The molecule has 1 amide bonds. The van der Waals surface area contributed by atoms with Crippen LogP contribution >= 0.6 is 0 Å². The van der Waals surface area contributed by atoms with Crippen LogP contribution in [0.4, 0.5) is 0 Å². The zero-order chi connectivity index (χ0) is 18.3. The normalized spacial score (nSPS) is 37.3. The van der Waals surface area contributed by atoms with Gasteiger partial charge in [-0.25, -0.2) is 4.79 Å². The van der Waals surface area contributed by atoms with Crippen LogP contribution in [0, 0.1) is 28.1 Å². The van der Waals surface area contributed by atoms with E-state index in [4.69, 9.17) is 4.42 Å². The van der Waals surface area contributed by atoms with Crippen molar-refractivity contribution in [3.8, 4) is 6.07 Å². The van der Waals surface area contributed by atoms with E-state index in [1.54, 1.807) is 23.1 Å². The second-order valence-corrected chi connectivity index (χ2v) is 8.54. The first-order valence-corrected chi connectivity index (χ1v) is 9.12. The summed E-state index contributed by atoms with van der Waals surface area (Å²) in [5, 5.41) is 10.8. The Labute approximate surface area is 151 Å². The number of carbonyl (C=O) groups excluding carboxylic acids is 1. The van der Waals surface area contributed by atoms with Gasteiger partial charge in [0.1, 0.15) is 16.7 Å². The molecule has 1 aromatic heterocycles. The third-order valence-corrected chi connectivity index (χ3v) is 7.86. The minimum absolute atomic E-state index is 0.0222. The monoisotopic (exact) mass is 348 g/mol. The van der Waals surface area contributed by atoms with Crippen molar-refractivity contribution in [3.63, 3.8) is 0 Å². The lowest BCUT2D eigenvalue weighted by atomic mass is 9.66. The van der Waals surface area contributed by atoms with E-state index in [1.807, 2.05) is 12.1 Å². The molecule has 0 radical (unpaired) electrons. The van der Waals surface area contributed by atoms with E-state index in [1.165, 1.54) is 0 Å². The Balaban J connectivity index is 1.64. The number of carbonyl (C=O) groups is 1. The lowest BCUT2D eigenvalue weighted by Gasteiger charge is -2.42. The molecule has 5 nitrogen and oxygen atoms in total. The maximum absolute atomic E-state index is 13.3. The van der Waals surface area contributed by atoms with E-state index in [0.717, 1.165) is 12.8 Å². The highest BCUT2D eigenvalue weighted by atomic mass is 16.4. The Bertz CT molecular complexity index is 1070. The molecule has 3 fully saturated rings. The van der Waals surface area contributed by atoms with E-state index < -0.39 is 11.2 Å². The molecule has 4 bridgehead atoms. The molecule has 0 spiro atoms. The second-order valence-electron chi connectivity index (χ2n) is 8.54. The van der Waals surface area contributed by atoms with Gasteiger partial charge in [-0.1, -0.05) is 32.0 Å². The number of nitrogens with zero attached hydrogens (tertiary/aromatic N) is 2. The van der Waals surface area contributed by atoms with Crippen LogP contribution in [-0.2, 0) is 0 Å². The SMILES string of the molecule is C[C@@]12CC[C@H]3C[C@]1(C#N)N(C(=O)c1cc4ccccc4oc1=O)C[C@]32C. The quantitative estimate of drug-likeness (QED) is 0.741. The predicted octanol–water partition coefficient (Wildman–Crippen LogP) is 3.34. The van der Waals surface area contributed by atoms with E-state index in [9.17, 15) is 14.9 Å². The van der Waals surface area contributed by atoms with Gasteiger partial charge in [-0.3, -0.25) is 4.79 Å². The van der Waals surface area contributed by atoms with Gasteiger partial charge in [0.2, 0.25) is 0 Å². The summed E-state index contributed by atoms with van der Waals surface area (Å²) in [5.41, 5.74) is -1.24. The van der Waals surface area contributed by atoms with Crippen molar-refractivity contribution in [2.45, 2.75) is 38.6 Å². The zero-order valence-electron chi connectivity index (χ0n) is 14.9. The average molecular weight is 348 g/mol. The number of hydrogen-bond acceptors (Lipinski definition) is 4. The van der Waals surface area contributed by atoms with Gasteiger partial charge in [0, 0.05) is 17.3 Å². The second kappa shape index (κ2) is 4.56. The van der Waals surface area contributed by atoms with Gasteiger partial charge in [0.25, 0.3) is 5.91 Å². The summed E-state index contributed by atoms with van der Waals surface area (Å²) in [7, 11) is 0. The Morgan fingerprint density at radius 1 is 1.35 bits per heavy atom. The van der Waals surface area contributed by atoms with Crippen LogP contribution in [0.25, 0.3) is 11.0 Å². The first-order chi connectivity index (χ1) is 12.4. The number of amides is 1. The number of likely N-dealkylation sites (tertiary alicyclic amines) is 1. The lowest BCUT2D eigenvalue weighted by Crippen LogP contribution is -2.55. The molecule has 4 atom stereocenters. The Hall–Kier alpha value is -2.61. The molecule has 5 rings (SSSR count). The van der Waals surface area contributed by atoms with Crippen molar-refractivity contribution in [1.29, 1.82) is 5.26 Å². The molecule has 26 heavy (non-hydrogen) atoms. The Morgan fingerprint density at radius 2 is 2.12 bits per heavy atom. The summed E-state index contributed by atoms with van der Waals surface area (Å²) in [6.07, 6.45) is 2.79. The summed E-state index contributed by atoms with van der Waals surface area (Å²) >= 11 is 0. The van der Waals surface area contributed by atoms with Crippen molar-refractivity contribution in [2.75, 3.05) is 6.54 Å². The number of para-hydroxylation sites is 1. The van der Waals surface area contributed by atoms with Crippen LogP contribution in [0.3, 0.4) is 0 Å². The fourth-order valence-electron chi connectivity index (χ4n) is 6.11. The fraction of sp³-hybridized carbons (Fsp3) is 0.476. The van der Waals surface area contributed by atoms with Crippen LogP contribution in [0.2, 0.25) is 0 Å². The topological polar surface area (TPSA) is 74.3 Å². The minimum Gasteiger partial charge on any atom is -0.422 e. The number of hydrogen-bond donors (Lipinski definition) is 0. The van der Waals surface area contributed by atoms with E-state index >= 15 is 0 Å². The van der Waals surface area contributed by atoms with Gasteiger partial charge in [0.05, 0.1) is 6.07 Å². The molecule has 132 valence electrons. The molecule has 3 aliphatic rings. The predicted molar refractivity (Wildman–Crippen MR) is 95.4 cm³/mol. The lowest BCUT2D eigenvalue weighted by molar-refractivity contribution is 0.0426. The number of fused-ring (bicyclic) bond motifs is 1. The zero-order valence-corrected chi connectivity index (χ0v) is 14.9. The summed E-state index contributed by atoms with van der Waals surface area (Å²) in [6.45, 7) is 4.89. The third-order valence-electron chi connectivity index (χ3n) is 7.86. The van der Waals surface area contributed by atoms with Crippen molar-refractivity contribution in [2.24, 2.45) is 16.7 Å². The minimum atomic E-state index is -0.820. The van der Waals surface area contributed by atoms with Gasteiger partial charge >= 0.3 is 5.63 Å². The Kier molecular flexibility index (Phi) is 2.74. The number of piperidine rings is 1. The summed E-state index contributed by atoms with van der Waals surface area (Å²) < 4.78 is 5.35. The van der Waals surface area contributed by atoms with Crippen LogP contribution in [-0.4, -0.2) is 22.9 Å². The number of rotatable bonds is 1. The highest BCUT2D eigenvalue weighted by molar-refractivity contribution is 5.98. The molecule has 1 aromatic carbocycles. The smallest absolute Gasteiger partial charge is 0.349 e. The van der Waals surface area contributed by atoms with Crippen molar-refractivity contribution < 1.29 is 9.21 Å². The van der Waals surface area contributed by atoms with Crippen LogP contribution in [0.5, 0.6) is 0 Å². The molecule has 0 N–H and O–H groups in total. The van der Waals surface area contributed by atoms with Gasteiger partial charge in [-0.05, 0) is 42.7 Å². The van der Waals surface area contributed by atoms with Crippen molar-refractivity contribution in [3.05, 3.63) is 46.3 Å². The van der Waals surface area contributed by atoms with E-state index in [2.05, 4.69) is 19.9 Å². The maximum Gasteiger partial charge on any atom is 0.349 e. The highest BCUT2D eigenvalue weighted by Gasteiger charge is 2.79. The molecule has 2 aromatic rings. The standard InChI is InChI=1S/C21H20N2O3/c1-19-12-23(21(11-22)10-14(19)7-8-20(19,21)2)17(24)15-9-13-5-3-4-6-16(13)26-18(15)25/h3-6,9,14H,7-8,10,12H2,1-2H3/t14-,19+,20-,21+/m0/s1. The van der Waals surface area contributed by atoms with Gasteiger partial charge in [-0.2, -0.15) is 5.26 Å². The first-order valence-electron chi connectivity index (χ1n) is 9.12. The average Bonchev–Trinajstić information content (AvgIpc) is 3.09. The molecular weight excluding hydrogens is 328 g/mol.